The van der Waals surface area contributed by atoms with Gasteiger partial charge in [0, 0.05) is 25.1 Å². The van der Waals surface area contributed by atoms with Crippen LogP contribution in [0.1, 0.15) is 75.5 Å². The Kier molecular flexibility index (Phi) is 12.6. The van der Waals surface area contributed by atoms with Crippen molar-refractivity contribution in [2.24, 2.45) is 17.8 Å². The number of H-pyrrole nitrogens is 1. The van der Waals surface area contributed by atoms with Crippen molar-refractivity contribution in [3.05, 3.63) is 16.7 Å². The maximum Gasteiger partial charge on any atom is 0.308 e. The van der Waals surface area contributed by atoms with Gasteiger partial charge in [-0.2, -0.15) is 4.98 Å². The topological polar surface area (TPSA) is 176 Å². The van der Waals surface area contributed by atoms with Crippen molar-refractivity contribution < 1.29 is 37.6 Å². The van der Waals surface area contributed by atoms with E-state index in [0.29, 0.717) is 0 Å². The van der Waals surface area contributed by atoms with E-state index in [-0.39, 0.29) is 47.6 Å². The molecule has 3 heterocycles. The lowest BCUT2D eigenvalue weighted by atomic mass is 10.1. The maximum absolute atomic E-state index is 13.3. The molecule has 5 atom stereocenters. The number of aromatic amines is 1. The number of carbonyl (C=O) groups excluding carboxylic acids is 3. The van der Waals surface area contributed by atoms with Crippen molar-refractivity contribution in [1.82, 2.24) is 24.2 Å². The molecule has 2 aromatic heterocycles. The van der Waals surface area contributed by atoms with Crippen molar-refractivity contribution in [3.8, 4) is 0 Å². The van der Waals surface area contributed by atoms with Crippen molar-refractivity contribution in [2.75, 3.05) is 19.0 Å². The van der Waals surface area contributed by atoms with Gasteiger partial charge >= 0.3 is 11.9 Å². The van der Waals surface area contributed by atoms with Crippen molar-refractivity contribution in [3.63, 3.8) is 0 Å². The summed E-state index contributed by atoms with van der Waals surface area (Å²) in [5.41, 5.74) is -0.580. The van der Waals surface area contributed by atoms with Gasteiger partial charge in [-0.1, -0.05) is 41.5 Å². The minimum absolute atomic E-state index is 0.00794. The average Bonchev–Trinajstić information content (AvgIpc) is 3.51. The van der Waals surface area contributed by atoms with E-state index >= 15 is 0 Å². The molecular formula is C29H47N6O9P. The number of fused-ring (bicyclic) bond motifs is 1. The molecule has 3 rings (SSSR count). The first-order chi connectivity index (χ1) is 21.1. The molecule has 0 saturated carbocycles. The molecule has 16 heteroatoms. The molecule has 1 saturated heterocycles. The normalized spacial score (nSPS) is 21.1. The van der Waals surface area contributed by atoms with Gasteiger partial charge in [-0.3, -0.25) is 34.0 Å². The summed E-state index contributed by atoms with van der Waals surface area (Å²) in [5.74, 6) is -2.81. The number of hydrogen-bond donors (Lipinski definition) is 2. The summed E-state index contributed by atoms with van der Waals surface area (Å²) in [6.07, 6.45) is -3.00. The van der Waals surface area contributed by atoms with Crippen LogP contribution in [0.2, 0.25) is 0 Å². The van der Waals surface area contributed by atoms with Gasteiger partial charge < -0.3 is 23.3 Å². The summed E-state index contributed by atoms with van der Waals surface area (Å²) in [5, 5.41) is 2.56. The Morgan fingerprint density at radius 2 is 1.56 bits per heavy atom. The Hall–Kier alpha value is -2.97. The minimum Gasteiger partial charge on any atom is -0.455 e. The zero-order chi connectivity index (χ0) is 33.7. The van der Waals surface area contributed by atoms with Gasteiger partial charge in [0.2, 0.25) is 11.9 Å². The number of imidazole rings is 1. The zero-order valence-electron chi connectivity index (χ0n) is 27.9. The second-order valence-electron chi connectivity index (χ2n) is 12.3. The van der Waals surface area contributed by atoms with E-state index in [4.69, 9.17) is 23.3 Å². The van der Waals surface area contributed by atoms with Crippen LogP contribution in [0.25, 0.3) is 11.2 Å². The quantitative estimate of drug-likeness (QED) is 0.223. The van der Waals surface area contributed by atoms with Gasteiger partial charge in [0.1, 0.15) is 12.4 Å². The van der Waals surface area contributed by atoms with E-state index in [9.17, 15) is 19.2 Å². The summed E-state index contributed by atoms with van der Waals surface area (Å²) in [7, 11) is 0.0233. The molecule has 45 heavy (non-hydrogen) atoms. The van der Waals surface area contributed by atoms with Crippen LogP contribution in [-0.2, 0) is 37.6 Å². The van der Waals surface area contributed by atoms with Crippen LogP contribution in [0.5, 0.6) is 0 Å². The Morgan fingerprint density at radius 3 is 2.07 bits per heavy atom. The number of anilines is 1. The standard InChI is InChI=1S/C29H47N6O9P/c1-14(2)24(36)32-29-31-23-20(25(37)33-29)34(13-30-23)26-22(44-28(39)16(5)6)21(43-27(38)15(3)4)19(42-26)12-41-45(40-11)35(17(7)8)18(9)10/h13-19,21-22,26H,12H2,1-11H3,(H2,31,32,33,36,37)/t19-,21-,22-,26-,45?/m1/s1. The summed E-state index contributed by atoms with van der Waals surface area (Å²) in [6.45, 7) is 18.2. The van der Waals surface area contributed by atoms with E-state index < -0.39 is 62.4 Å². The number of carbonyl (C=O) groups is 3. The van der Waals surface area contributed by atoms with Gasteiger partial charge in [0.15, 0.2) is 29.6 Å². The third kappa shape index (κ3) is 8.64. The molecule has 0 aliphatic carbocycles. The highest BCUT2D eigenvalue weighted by molar-refractivity contribution is 7.44. The Balaban J connectivity index is 2.07. The smallest absolute Gasteiger partial charge is 0.308 e. The lowest BCUT2D eigenvalue weighted by Gasteiger charge is -2.35. The predicted molar refractivity (Wildman–Crippen MR) is 167 cm³/mol. The Labute approximate surface area is 264 Å². The SMILES string of the molecule is COP(OC[C@H]1O[C@@H](n2cnc3nc(NC(=O)C(C)C)[nH]c(=O)c32)[C@H](OC(=O)C(C)C)[C@@H]1OC(=O)C(C)C)N(C(C)C)C(C)C. The molecule has 1 fully saturated rings. The molecule has 1 unspecified atom stereocenters. The number of ether oxygens (including phenoxy) is 3. The Bertz CT molecular complexity index is 1380. The fourth-order valence-corrected chi connectivity index (χ4v) is 6.12. The largest absolute Gasteiger partial charge is 0.455 e. The number of nitrogens with one attached hydrogen (secondary N) is 2. The lowest BCUT2D eigenvalue weighted by Crippen LogP contribution is -2.42. The van der Waals surface area contributed by atoms with E-state index in [1.165, 1.54) is 10.9 Å². The predicted octanol–water partition coefficient (Wildman–Crippen LogP) is 3.76. The molecule has 2 N–H and O–H groups in total. The maximum atomic E-state index is 13.3. The molecule has 2 aromatic rings. The van der Waals surface area contributed by atoms with Crippen molar-refractivity contribution in [1.29, 1.82) is 0 Å². The van der Waals surface area contributed by atoms with Crippen LogP contribution in [0.3, 0.4) is 0 Å². The van der Waals surface area contributed by atoms with Gasteiger partial charge in [-0.15, -0.1) is 0 Å². The van der Waals surface area contributed by atoms with Crippen LogP contribution in [0.15, 0.2) is 11.1 Å². The Morgan fingerprint density at radius 1 is 0.978 bits per heavy atom. The van der Waals surface area contributed by atoms with Gasteiger partial charge in [-0.05, 0) is 27.7 Å². The number of amides is 1. The third-order valence-electron chi connectivity index (χ3n) is 6.96. The van der Waals surface area contributed by atoms with Crippen LogP contribution in [-0.4, -0.2) is 86.1 Å². The van der Waals surface area contributed by atoms with Crippen LogP contribution < -0.4 is 10.9 Å². The highest BCUT2D eigenvalue weighted by atomic mass is 31.2. The second-order valence-corrected chi connectivity index (χ2v) is 13.9. The molecule has 252 valence electrons. The number of aromatic nitrogens is 4. The van der Waals surface area contributed by atoms with Crippen LogP contribution in [0.4, 0.5) is 5.95 Å². The van der Waals surface area contributed by atoms with Crippen molar-refractivity contribution >= 4 is 43.5 Å². The molecule has 15 nitrogen and oxygen atoms in total. The van der Waals surface area contributed by atoms with E-state index in [0.717, 1.165) is 0 Å². The second kappa shape index (κ2) is 15.5. The fraction of sp³-hybridized carbons (Fsp3) is 0.724. The molecule has 0 bridgehead atoms. The first kappa shape index (κ1) is 36.5. The highest BCUT2D eigenvalue weighted by Gasteiger charge is 2.52. The summed E-state index contributed by atoms with van der Waals surface area (Å²) >= 11 is 0. The number of esters is 2. The van der Waals surface area contributed by atoms with Gasteiger partial charge in [0.25, 0.3) is 14.1 Å². The fourth-order valence-electron chi connectivity index (χ4n) is 4.66. The average molecular weight is 655 g/mol. The summed E-state index contributed by atoms with van der Waals surface area (Å²) in [4.78, 5) is 62.5. The summed E-state index contributed by atoms with van der Waals surface area (Å²) < 4.78 is 33.7. The first-order valence-electron chi connectivity index (χ1n) is 15.2. The molecule has 1 aliphatic heterocycles. The van der Waals surface area contributed by atoms with Gasteiger partial charge in [-0.25, -0.2) is 9.65 Å². The minimum atomic E-state index is -1.53. The first-order valence-corrected chi connectivity index (χ1v) is 16.3. The summed E-state index contributed by atoms with van der Waals surface area (Å²) in [6, 6.07) is 0.212. The van der Waals surface area contributed by atoms with Crippen LogP contribution >= 0.6 is 8.53 Å². The monoisotopic (exact) mass is 654 g/mol. The number of nitrogens with zero attached hydrogens (tertiary/aromatic N) is 4. The molecule has 0 radical (unpaired) electrons. The molecule has 0 aromatic carbocycles. The van der Waals surface area contributed by atoms with E-state index in [1.807, 2.05) is 27.7 Å². The zero-order valence-corrected chi connectivity index (χ0v) is 28.8. The van der Waals surface area contributed by atoms with Crippen LogP contribution in [0, 0.1) is 17.8 Å². The van der Waals surface area contributed by atoms with Gasteiger partial charge in [0.05, 0.1) is 18.4 Å². The third-order valence-corrected chi connectivity index (χ3v) is 8.95. The van der Waals surface area contributed by atoms with Crippen molar-refractivity contribution in [2.45, 2.75) is 106 Å². The van der Waals surface area contributed by atoms with E-state index in [1.54, 1.807) is 48.7 Å². The molecular weight excluding hydrogens is 607 g/mol. The molecule has 1 aliphatic rings. The number of rotatable bonds is 14. The molecule has 1 amide bonds. The highest BCUT2D eigenvalue weighted by Crippen LogP contribution is 2.46. The lowest BCUT2D eigenvalue weighted by molar-refractivity contribution is -0.172. The van der Waals surface area contributed by atoms with E-state index in [2.05, 4.69) is 24.9 Å². The molecule has 0 spiro atoms. The number of hydrogen-bond acceptors (Lipinski definition) is 12.